The van der Waals surface area contributed by atoms with Crippen molar-refractivity contribution in [3.8, 4) is 0 Å². The van der Waals surface area contributed by atoms with Crippen molar-refractivity contribution in [3.63, 3.8) is 0 Å². The molecule has 0 aromatic carbocycles. The zero-order chi connectivity index (χ0) is 31.5. The van der Waals surface area contributed by atoms with Crippen LogP contribution in [0.5, 0.6) is 0 Å². The van der Waals surface area contributed by atoms with Crippen LogP contribution in [0.25, 0.3) is 0 Å². The Balaban J connectivity index is -0.000000727. The van der Waals surface area contributed by atoms with Crippen molar-refractivity contribution in [2.45, 2.75) is 219 Å². The van der Waals surface area contributed by atoms with Crippen molar-refractivity contribution in [1.82, 2.24) is 0 Å². The standard InChI is InChI=1S/2C18H36O3.Zn/c2*1-2-3-4-8-11-14-17(19)15-12-9-6-5-7-10-13-16-18(20)21;/h2*17,19H,2-16H2,1H3,(H,20,21);/q;;+2/p-2. The Labute approximate surface area is 279 Å². The molecule has 2 atom stereocenters. The number of rotatable bonds is 32. The summed E-state index contributed by atoms with van der Waals surface area (Å²) in [6.45, 7) is 4.44. The molecule has 0 aliphatic rings. The monoisotopic (exact) mass is 662 g/mol. The number of carboxylic acid groups (broad SMARTS) is 2. The van der Waals surface area contributed by atoms with E-state index in [4.69, 9.17) is 0 Å². The van der Waals surface area contributed by atoms with Gasteiger partial charge in [-0.05, 0) is 51.4 Å². The van der Waals surface area contributed by atoms with E-state index < -0.39 is 11.9 Å². The van der Waals surface area contributed by atoms with Gasteiger partial charge in [-0.3, -0.25) is 0 Å². The van der Waals surface area contributed by atoms with Crippen LogP contribution in [0.1, 0.15) is 206 Å². The van der Waals surface area contributed by atoms with Gasteiger partial charge in [0.25, 0.3) is 0 Å². The summed E-state index contributed by atoms with van der Waals surface area (Å²) < 4.78 is 0. The van der Waals surface area contributed by atoms with Crippen molar-refractivity contribution < 1.29 is 49.5 Å². The van der Waals surface area contributed by atoms with E-state index in [0.717, 1.165) is 77.0 Å². The molecule has 0 amide bonds. The molecule has 0 saturated heterocycles. The predicted molar refractivity (Wildman–Crippen MR) is 172 cm³/mol. The maximum Gasteiger partial charge on any atom is 2.00 e. The predicted octanol–water partition coefficient (Wildman–Crippen LogP) is 7.93. The molecular formula is C36H70O6Zn. The van der Waals surface area contributed by atoms with Gasteiger partial charge in [-0.25, -0.2) is 0 Å². The maximum atomic E-state index is 10.2. The van der Waals surface area contributed by atoms with Gasteiger partial charge in [-0.15, -0.1) is 0 Å². The molecule has 0 radical (unpaired) electrons. The summed E-state index contributed by atoms with van der Waals surface area (Å²) in [6, 6.07) is 0. The van der Waals surface area contributed by atoms with Crippen LogP contribution in [0.15, 0.2) is 0 Å². The number of aliphatic hydroxyl groups is 2. The Hall–Kier alpha value is -0.517. The van der Waals surface area contributed by atoms with Crippen LogP contribution < -0.4 is 10.2 Å². The number of carboxylic acids is 2. The van der Waals surface area contributed by atoms with Crippen LogP contribution in [0.4, 0.5) is 0 Å². The molecule has 0 aromatic heterocycles. The molecule has 2 unspecified atom stereocenters. The number of carbonyl (C=O) groups excluding carboxylic acids is 2. The summed E-state index contributed by atoms with van der Waals surface area (Å²) in [4.78, 5) is 20.5. The van der Waals surface area contributed by atoms with E-state index in [1.807, 2.05) is 0 Å². The van der Waals surface area contributed by atoms with Gasteiger partial charge in [0.05, 0.1) is 12.2 Å². The molecule has 0 spiro atoms. The number of carbonyl (C=O) groups is 2. The maximum absolute atomic E-state index is 10.2. The first kappa shape index (κ1) is 46.9. The van der Waals surface area contributed by atoms with Crippen LogP contribution in [0.2, 0.25) is 0 Å². The first-order chi connectivity index (χ1) is 20.3. The second kappa shape index (κ2) is 39.5. The fourth-order valence-electron chi connectivity index (χ4n) is 5.32. The van der Waals surface area contributed by atoms with Gasteiger partial charge in [0.2, 0.25) is 0 Å². The molecule has 6 nitrogen and oxygen atoms in total. The number of hydrogen-bond donors (Lipinski definition) is 2. The normalized spacial score (nSPS) is 12.2. The summed E-state index contributed by atoms with van der Waals surface area (Å²) in [5.74, 6) is -1.86. The van der Waals surface area contributed by atoms with Crippen molar-refractivity contribution in [2.24, 2.45) is 0 Å². The fourth-order valence-corrected chi connectivity index (χ4v) is 5.32. The van der Waals surface area contributed by atoms with Gasteiger partial charge in [-0.2, -0.15) is 0 Å². The van der Waals surface area contributed by atoms with Gasteiger partial charge in [0, 0.05) is 11.9 Å². The largest absolute Gasteiger partial charge is 2.00 e. The summed E-state index contributed by atoms with van der Waals surface area (Å²) in [7, 11) is 0. The summed E-state index contributed by atoms with van der Waals surface area (Å²) in [6.07, 6.45) is 31.8. The molecule has 0 rings (SSSR count). The summed E-state index contributed by atoms with van der Waals surface area (Å²) in [5.41, 5.74) is 0. The topological polar surface area (TPSA) is 121 Å². The van der Waals surface area contributed by atoms with E-state index in [0.29, 0.717) is 0 Å². The van der Waals surface area contributed by atoms with Crippen molar-refractivity contribution >= 4 is 11.9 Å². The molecule has 0 saturated carbocycles. The van der Waals surface area contributed by atoms with E-state index in [-0.39, 0.29) is 44.5 Å². The Morgan fingerprint density at radius 1 is 0.419 bits per heavy atom. The molecule has 0 bridgehead atoms. The van der Waals surface area contributed by atoms with Gasteiger partial charge >= 0.3 is 19.5 Å². The molecule has 2 N–H and O–H groups in total. The Kier molecular flexibility index (Phi) is 43.1. The van der Waals surface area contributed by atoms with Gasteiger partial charge in [0.15, 0.2) is 0 Å². The molecule has 0 heterocycles. The molecule has 43 heavy (non-hydrogen) atoms. The minimum atomic E-state index is -0.932. The van der Waals surface area contributed by atoms with Crippen molar-refractivity contribution in [1.29, 1.82) is 0 Å². The van der Waals surface area contributed by atoms with E-state index >= 15 is 0 Å². The third-order valence-electron chi connectivity index (χ3n) is 8.12. The minimum absolute atomic E-state index is 0. The van der Waals surface area contributed by atoms with E-state index in [1.54, 1.807) is 0 Å². The third kappa shape index (κ3) is 46.0. The number of aliphatic hydroxyl groups excluding tert-OH is 2. The van der Waals surface area contributed by atoms with Crippen molar-refractivity contribution in [2.75, 3.05) is 0 Å². The SMILES string of the molecule is CCCCCCCC(O)CCCCCCCCCC(=O)[O-].CCCCCCCC(O)CCCCCCCCCC(=O)[O-].[Zn+2]. The van der Waals surface area contributed by atoms with Crippen LogP contribution in [-0.2, 0) is 29.1 Å². The van der Waals surface area contributed by atoms with Gasteiger partial charge in [0.1, 0.15) is 0 Å². The summed E-state index contributed by atoms with van der Waals surface area (Å²) >= 11 is 0. The molecule has 252 valence electrons. The van der Waals surface area contributed by atoms with E-state index in [2.05, 4.69) is 13.8 Å². The third-order valence-corrected chi connectivity index (χ3v) is 8.12. The average molecular weight is 664 g/mol. The zero-order valence-corrected chi connectivity index (χ0v) is 31.6. The molecule has 0 aliphatic carbocycles. The molecular weight excluding hydrogens is 594 g/mol. The van der Waals surface area contributed by atoms with Crippen LogP contribution >= 0.6 is 0 Å². The minimum Gasteiger partial charge on any atom is -0.550 e. The second-order valence-corrected chi connectivity index (χ2v) is 12.5. The second-order valence-electron chi connectivity index (χ2n) is 12.5. The summed E-state index contributed by atoms with van der Waals surface area (Å²) in [5, 5.41) is 40.2. The fraction of sp³-hybridized carbons (Fsp3) is 0.944. The van der Waals surface area contributed by atoms with Crippen LogP contribution in [0.3, 0.4) is 0 Å². The number of unbranched alkanes of at least 4 members (excludes halogenated alkanes) is 20. The number of aliphatic carboxylic acids is 2. The van der Waals surface area contributed by atoms with Gasteiger partial charge in [-0.1, -0.05) is 155 Å². The average Bonchev–Trinajstić information content (AvgIpc) is 2.95. The first-order valence-electron chi connectivity index (χ1n) is 18.1. The van der Waals surface area contributed by atoms with Crippen LogP contribution in [0, 0.1) is 0 Å². The zero-order valence-electron chi connectivity index (χ0n) is 28.6. The molecule has 0 fully saturated rings. The Bertz CT molecular complexity index is 512. The molecule has 0 aliphatic heterocycles. The van der Waals surface area contributed by atoms with Gasteiger partial charge < -0.3 is 30.0 Å². The number of hydrogen-bond acceptors (Lipinski definition) is 6. The molecule has 0 aromatic rings. The molecule has 7 heteroatoms. The van der Waals surface area contributed by atoms with Crippen molar-refractivity contribution in [3.05, 3.63) is 0 Å². The quantitative estimate of drug-likeness (QED) is 0.0557. The van der Waals surface area contributed by atoms with Crippen LogP contribution in [-0.4, -0.2) is 34.4 Å². The van der Waals surface area contributed by atoms with E-state index in [9.17, 15) is 30.0 Å². The smallest absolute Gasteiger partial charge is 0.550 e. The first-order valence-corrected chi connectivity index (χ1v) is 18.1. The Morgan fingerprint density at radius 3 is 0.860 bits per heavy atom. The Morgan fingerprint density at radius 2 is 0.628 bits per heavy atom. The van der Waals surface area contributed by atoms with E-state index in [1.165, 1.54) is 103 Å².